The van der Waals surface area contributed by atoms with Crippen molar-refractivity contribution >= 4 is 0 Å². The zero-order valence-corrected chi connectivity index (χ0v) is 7.86. The quantitative estimate of drug-likeness (QED) is 0.568. The largest absolute Gasteiger partial charge is 0.0654 e. The minimum atomic E-state index is 0. The molecule has 0 spiro atoms. The standard InChI is InChI=1S/C8H18.Fe/c1-4-6-7-8(3)5-2;/h8H,4-7H2,1-3H3;. The van der Waals surface area contributed by atoms with Crippen LogP contribution >= 0.6 is 0 Å². The van der Waals surface area contributed by atoms with Crippen LogP contribution in [0.15, 0.2) is 0 Å². The summed E-state index contributed by atoms with van der Waals surface area (Å²) >= 11 is 0. The van der Waals surface area contributed by atoms with E-state index in [1.165, 1.54) is 25.7 Å². The van der Waals surface area contributed by atoms with Crippen LogP contribution < -0.4 is 0 Å². The summed E-state index contributed by atoms with van der Waals surface area (Å²) in [5.74, 6) is 0.954. The summed E-state index contributed by atoms with van der Waals surface area (Å²) in [7, 11) is 0. The van der Waals surface area contributed by atoms with Crippen LogP contribution in [0.25, 0.3) is 0 Å². The van der Waals surface area contributed by atoms with E-state index in [2.05, 4.69) is 20.8 Å². The monoisotopic (exact) mass is 170 g/mol. The third-order valence-corrected chi connectivity index (χ3v) is 1.75. The van der Waals surface area contributed by atoms with Crippen LogP contribution in [0.2, 0.25) is 0 Å². The predicted octanol–water partition coefficient (Wildman–Crippen LogP) is 3.22. The molecule has 0 amide bonds. The molecule has 0 saturated carbocycles. The minimum absolute atomic E-state index is 0. The molecule has 1 unspecified atom stereocenters. The fourth-order valence-electron chi connectivity index (χ4n) is 0.757. The molecule has 0 aromatic rings. The minimum Gasteiger partial charge on any atom is -0.0654 e. The van der Waals surface area contributed by atoms with E-state index in [9.17, 15) is 0 Å². The van der Waals surface area contributed by atoms with E-state index in [0.717, 1.165) is 5.92 Å². The third-order valence-electron chi connectivity index (χ3n) is 1.75. The van der Waals surface area contributed by atoms with Gasteiger partial charge in [0.25, 0.3) is 0 Å². The Labute approximate surface area is 69.9 Å². The number of rotatable bonds is 4. The van der Waals surface area contributed by atoms with E-state index in [4.69, 9.17) is 0 Å². The Bertz CT molecular complexity index is 43.8. The van der Waals surface area contributed by atoms with Gasteiger partial charge in [0.1, 0.15) is 0 Å². The first-order valence-electron chi connectivity index (χ1n) is 3.81. The average Bonchev–Trinajstić information content (AvgIpc) is 1.83. The molecule has 0 nitrogen and oxygen atoms in total. The van der Waals surface area contributed by atoms with Gasteiger partial charge in [0.15, 0.2) is 0 Å². The van der Waals surface area contributed by atoms with E-state index in [1.54, 1.807) is 0 Å². The zero-order valence-electron chi connectivity index (χ0n) is 6.76. The molecule has 0 aromatic heterocycles. The van der Waals surface area contributed by atoms with Crippen molar-refractivity contribution in [2.75, 3.05) is 0 Å². The van der Waals surface area contributed by atoms with E-state index >= 15 is 0 Å². The fraction of sp³-hybridized carbons (Fsp3) is 1.00. The number of hydrogen-bond acceptors (Lipinski definition) is 0. The molecule has 0 radical (unpaired) electrons. The average molecular weight is 170 g/mol. The van der Waals surface area contributed by atoms with Crippen molar-refractivity contribution in [1.29, 1.82) is 0 Å². The van der Waals surface area contributed by atoms with E-state index in [1.807, 2.05) is 0 Å². The Balaban J connectivity index is 0. The van der Waals surface area contributed by atoms with Crippen molar-refractivity contribution in [3.63, 3.8) is 0 Å². The summed E-state index contributed by atoms with van der Waals surface area (Å²) in [6.45, 7) is 6.85. The van der Waals surface area contributed by atoms with Crippen molar-refractivity contribution in [3.05, 3.63) is 0 Å². The Morgan fingerprint density at radius 2 is 1.78 bits per heavy atom. The second-order valence-corrected chi connectivity index (χ2v) is 2.66. The van der Waals surface area contributed by atoms with Gasteiger partial charge in [0.2, 0.25) is 0 Å². The van der Waals surface area contributed by atoms with Crippen LogP contribution in [-0.2, 0) is 17.1 Å². The van der Waals surface area contributed by atoms with Crippen molar-refractivity contribution in [3.8, 4) is 0 Å². The summed E-state index contributed by atoms with van der Waals surface area (Å²) in [5.41, 5.74) is 0. The molecule has 0 bridgehead atoms. The molecule has 0 aliphatic carbocycles. The maximum Gasteiger partial charge on any atom is 0 e. The summed E-state index contributed by atoms with van der Waals surface area (Å²) in [6.07, 6.45) is 5.53. The number of hydrogen-bond donors (Lipinski definition) is 0. The van der Waals surface area contributed by atoms with Gasteiger partial charge < -0.3 is 0 Å². The molecule has 0 rings (SSSR count). The molecule has 0 N–H and O–H groups in total. The maximum absolute atomic E-state index is 2.33. The van der Waals surface area contributed by atoms with Crippen molar-refractivity contribution in [1.82, 2.24) is 0 Å². The van der Waals surface area contributed by atoms with Crippen LogP contribution in [0.4, 0.5) is 0 Å². The molecule has 1 atom stereocenters. The maximum atomic E-state index is 2.33. The summed E-state index contributed by atoms with van der Waals surface area (Å²) in [5, 5.41) is 0. The summed E-state index contributed by atoms with van der Waals surface area (Å²) in [4.78, 5) is 0. The molecule has 0 heterocycles. The van der Waals surface area contributed by atoms with Crippen LogP contribution in [0.1, 0.15) is 46.5 Å². The SMILES string of the molecule is CCCCC(C)CC.[Fe]. The Hall–Kier alpha value is 0.519. The van der Waals surface area contributed by atoms with Gasteiger partial charge in [-0.25, -0.2) is 0 Å². The van der Waals surface area contributed by atoms with Gasteiger partial charge in [0, 0.05) is 17.1 Å². The van der Waals surface area contributed by atoms with Gasteiger partial charge in [-0.2, -0.15) is 0 Å². The third kappa shape index (κ3) is 8.52. The summed E-state index contributed by atoms with van der Waals surface area (Å²) in [6, 6.07) is 0. The van der Waals surface area contributed by atoms with Gasteiger partial charge in [0.05, 0.1) is 0 Å². The Morgan fingerprint density at radius 3 is 2.11 bits per heavy atom. The van der Waals surface area contributed by atoms with Crippen LogP contribution in [0.5, 0.6) is 0 Å². The first kappa shape index (κ1) is 12.2. The molecule has 0 saturated heterocycles. The molecule has 0 fully saturated rings. The van der Waals surface area contributed by atoms with E-state index < -0.39 is 0 Å². The van der Waals surface area contributed by atoms with Crippen molar-refractivity contribution in [2.45, 2.75) is 46.5 Å². The number of unbranched alkanes of at least 4 members (excludes halogenated alkanes) is 1. The van der Waals surface area contributed by atoms with Crippen LogP contribution in [-0.4, -0.2) is 0 Å². The molecule has 58 valence electrons. The van der Waals surface area contributed by atoms with E-state index in [-0.39, 0.29) is 17.1 Å². The van der Waals surface area contributed by atoms with Crippen molar-refractivity contribution < 1.29 is 17.1 Å². The fourth-order valence-corrected chi connectivity index (χ4v) is 0.757. The van der Waals surface area contributed by atoms with Crippen LogP contribution in [0, 0.1) is 5.92 Å². The normalized spacial score (nSPS) is 12.3. The predicted molar refractivity (Wildman–Crippen MR) is 39.0 cm³/mol. The molecular formula is C8H18Fe. The Morgan fingerprint density at radius 1 is 1.22 bits per heavy atom. The molecule has 1 heteroatoms. The summed E-state index contributed by atoms with van der Waals surface area (Å²) < 4.78 is 0. The molecule has 0 aliphatic heterocycles. The second-order valence-electron chi connectivity index (χ2n) is 2.66. The zero-order chi connectivity index (χ0) is 6.41. The Kier molecular flexibility index (Phi) is 11.6. The molecular weight excluding hydrogens is 152 g/mol. The first-order valence-corrected chi connectivity index (χ1v) is 3.81. The van der Waals surface area contributed by atoms with Gasteiger partial charge in [-0.3, -0.25) is 0 Å². The van der Waals surface area contributed by atoms with Gasteiger partial charge in [-0.1, -0.05) is 46.5 Å². The first-order chi connectivity index (χ1) is 3.81. The molecule has 0 aromatic carbocycles. The molecule has 0 aliphatic rings. The second kappa shape index (κ2) is 8.52. The van der Waals surface area contributed by atoms with Crippen molar-refractivity contribution in [2.24, 2.45) is 5.92 Å². The van der Waals surface area contributed by atoms with E-state index in [0.29, 0.717) is 0 Å². The van der Waals surface area contributed by atoms with Crippen LogP contribution in [0.3, 0.4) is 0 Å². The van der Waals surface area contributed by atoms with Gasteiger partial charge in [-0.15, -0.1) is 0 Å². The molecule has 9 heavy (non-hydrogen) atoms. The van der Waals surface area contributed by atoms with Gasteiger partial charge >= 0.3 is 0 Å². The smallest absolute Gasteiger partial charge is 0 e. The topological polar surface area (TPSA) is 0 Å². The van der Waals surface area contributed by atoms with Gasteiger partial charge in [-0.05, 0) is 5.92 Å².